The van der Waals surface area contributed by atoms with E-state index in [4.69, 9.17) is 14.0 Å². The van der Waals surface area contributed by atoms with E-state index in [1.165, 1.54) is 12.7 Å². The largest absolute Gasteiger partial charge is 0.493 e. The molecule has 0 unspecified atom stereocenters. The minimum absolute atomic E-state index is 0.0836. The van der Waals surface area contributed by atoms with Gasteiger partial charge in [-0.05, 0) is 30.5 Å². The average molecular weight is 373 g/mol. The van der Waals surface area contributed by atoms with Crippen molar-refractivity contribution in [3.8, 4) is 11.5 Å². The van der Waals surface area contributed by atoms with Crippen LogP contribution in [-0.4, -0.2) is 36.3 Å². The average Bonchev–Trinajstić information content (AvgIpc) is 3.24. The molecule has 0 radical (unpaired) electrons. The quantitative estimate of drug-likeness (QED) is 0.800. The van der Waals surface area contributed by atoms with E-state index >= 15 is 0 Å². The lowest BCUT2D eigenvalue weighted by atomic mass is 9.94. The summed E-state index contributed by atoms with van der Waals surface area (Å²) in [5.41, 5.74) is 1.72. The van der Waals surface area contributed by atoms with Gasteiger partial charge in [0.1, 0.15) is 12.0 Å². The number of benzene rings is 1. The van der Waals surface area contributed by atoms with Gasteiger partial charge in [-0.1, -0.05) is 30.5 Å². The van der Waals surface area contributed by atoms with Crippen molar-refractivity contribution in [1.29, 1.82) is 0 Å². The van der Waals surface area contributed by atoms with Crippen LogP contribution in [0.1, 0.15) is 43.4 Å². The van der Waals surface area contributed by atoms with Gasteiger partial charge in [0.2, 0.25) is 0 Å². The third-order valence-corrected chi connectivity index (χ3v) is 4.99. The molecule has 0 spiro atoms. The third-order valence-electron chi connectivity index (χ3n) is 4.99. The number of nitrogens with one attached hydrogen (secondary N) is 1. The fourth-order valence-corrected chi connectivity index (χ4v) is 3.53. The summed E-state index contributed by atoms with van der Waals surface area (Å²) in [7, 11) is 3.23. The number of ether oxygens (including phenoxy) is 2. The lowest BCUT2D eigenvalue weighted by Gasteiger charge is -2.34. The number of carbonyl (C=O) groups is 1. The number of rotatable bonds is 7. The van der Waals surface area contributed by atoms with E-state index in [9.17, 15) is 4.79 Å². The van der Waals surface area contributed by atoms with Gasteiger partial charge in [0.05, 0.1) is 20.8 Å². The predicted molar refractivity (Wildman–Crippen MR) is 101 cm³/mol. The SMILES string of the molecule is COc1ccc(CN(C(=O)NCc2ccon2)C2CCCCC2)cc1OC. The van der Waals surface area contributed by atoms with Crippen LogP contribution >= 0.6 is 0 Å². The number of hydrogen-bond donors (Lipinski definition) is 1. The number of aromatic nitrogens is 1. The molecule has 1 heterocycles. The molecule has 146 valence electrons. The van der Waals surface area contributed by atoms with Crippen molar-refractivity contribution in [3.63, 3.8) is 0 Å². The Bertz CT molecular complexity index is 727. The molecule has 2 amide bonds. The molecule has 0 bridgehead atoms. The van der Waals surface area contributed by atoms with Gasteiger partial charge in [-0.25, -0.2) is 4.79 Å². The fraction of sp³-hybridized carbons (Fsp3) is 0.500. The molecule has 3 rings (SSSR count). The molecule has 0 atom stereocenters. The van der Waals surface area contributed by atoms with Crippen LogP contribution in [0.5, 0.6) is 11.5 Å². The number of methoxy groups -OCH3 is 2. The molecular weight excluding hydrogens is 346 g/mol. The van der Waals surface area contributed by atoms with E-state index < -0.39 is 0 Å². The van der Waals surface area contributed by atoms with Gasteiger partial charge in [0.15, 0.2) is 11.5 Å². The standard InChI is InChI=1S/C20H27N3O4/c1-25-18-9-8-15(12-19(18)26-2)14-23(17-6-4-3-5-7-17)20(24)21-13-16-10-11-27-22-16/h8-12,17H,3-7,13-14H2,1-2H3,(H,21,24). The number of amides is 2. The molecule has 7 heteroatoms. The summed E-state index contributed by atoms with van der Waals surface area (Å²) in [6.07, 6.45) is 7.12. The lowest BCUT2D eigenvalue weighted by molar-refractivity contribution is 0.150. The monoisotopic (exact) mass is 373 g/mol. The van der Waals surface area contributed by atoms with Gasteiger partial charge < -0.3 is 24.2 Å². The van der Waals surface area contributed by atoms with Crippen molar-refractivity contribution in [1.82, 2.24) is 15.4 Å². The Morgan fingerprint density at radius 1 is 1.19 bits per heavy atom. The second kappa shape index (κ2) is 9.30. The van der Waals surface area contributed by atoms with E-state index in [0.29, 0.717) is 30.3 Å². The van der Waals surface area contributed by atoms with E-state index in [-0.39, 0.29) is 12.1 Å². The van der Waals surface area contributed by atoms with Crippen LogP contribution in [0.25, 0.3) is 0 Å². The zero-order valence-electron chi connectivity index (χ0n) is 15.9. The minimum atomic E-state index is -0.0836. The van der Waals surface area contributed by atoms with Gasteiger partial charge in [-0.2, -0.15) is 0 Å². The smallest absolute Gasteiger partial charge is 0.318 e. The number of nitrogens with zero attached hydrogens (tertiary/aromatic N) is 2. The Morgan fingerprint density at radius 2 is 1.96 bits per heavy atom. The second-order valence-corrected chi connectivity index (χ2v) is 6.76. The number of urea groups is 1. The zero-order chi connectivity index (χ0) is 19.1. The highest BCUT2D eigenvalue weighted by molar-refractivity contribution is 5.74. The number of hydrogen-bond acceptors (Lipinski definition) is 5. The Hall–Kier alpha value is -2.70. The Morgan fingerprint density at radius 3 is 2.63 bits per heavy atom. The van der Waals surface area contributed by atoms with Gasteiger partial charge in [-0.15, -0.1) is 0 Å². The van der Waals surface area contributed by atoms with Crippen LogP contribution in [-0.2, 0) is 13.1 Å². The van der Waals surface area contributed by atoms with E-state index in [0.717, 1.165) is 31.2 Å². The normalized spacial score (nSPS) is 14.6. The molecule has 1 saturated carbocycles. The Labute approximate surface area is 159 Å². The van der Waals surface area contributed by atoms with Crippen molar-refractivity contribution in [2.24, 2.45) is 0 Å². The van der Waals surface area contributed by atoms with E-state index in [2.05, 4.69) is 10.5 Å². The van der Waals surface area contributed by atoms with Crippen LogP contribution in [0, 0.1) is 0 Å². The lowest BCUT2D eigenvalue weighted by Crippen LogP contribution is -2.46. The van der Waals surface area contributed by atoms with Crippen LogP contribution in [0.3, 0.4) is 0 Å². The summed E-state index contributed by atoms with van der Waals surface area (Å²) < 4.78 is 15.5. The van der Waals surface area contributed by atoms with Crippen molar-refractivity contribution < 1.29 is 18.8 Å². The summed E-state index contributed by atoms with van der Waals surface area (Å²) in [5.74, 6) is 1.35. The van der Waals surface area contributed by atoms with E-state index in [1.807, 2.05) is 23.1 Å². The third kappa shape index (κ3) is 4.93. The summed E-state index contributed by atoms with van der Waals surface area (Å²) in [5, 5.41) is 6.81. The maximum atomic E-state index is 12.9. The molecule has 1 aliphatic carbocycles. The van der Waals surface area contributed by atoms with Gasteiger partial charge >= 0.3 is 6.03 Å². The molecule has 0 saturated heterocycles. The van der Waals surface area contributed by atoms with Crippen LogP contribution in [0.4, 0.5) is 4.79 Å². The fourth-order valence-electron chi connectivity index (χ4n) is 3.53. The maximum Gasteiger partial charge on any atom is 0.318 e. The first-order valence-electron chi connectivity index (χ1n) is 9.36. The Kier molecular flexibility index (Phi) is 6.57. The molecular formula is C20H27N3O4. The van der Waals surface area contributed by atoms with E-state index in [1.54, 1.807) is 20.3 Å². The molecule has 1 aromatic carbocycles. The highest BCUT2D eigenvalue weighted by atomic mass is 16.5. The van der Waals surface area contributed by atoms with Crippen molar-refractivity contribution in [3.05, 3.63) is 41.8 Å². The van der Waals surface area contributed by atoms with Crippen LogP contribution in [0.2, 0.25) is 0 Å². The number of carbonyl (C=O) groups excluding carboxylic acids is 1. The molecule has 0 aliphatic heterocycles. The topological polar surface area (TPSA) is 76.8 Å². The molecule has 2 aromatic rings. The first-order chi connectivity index (χ1) is 13.2. The van der Waals surface area contributed by atoms with Crippen LogP contribution < -0.4 is 14.8 Å². The minimum Gasteiger partial charge on any atom is -0.493 e. The van der Waals surface area contributed by atoms with Crippen molar-refractivity contribution in [2.75, 3.05) is 14.2 Å². The summed E-state index contributed by atoms with van der Waals surface area (Å²) in [6.45, 7) is 0.875. The molecule has 1 N–H and O–H groups in total. The first kappa shape index (κ1) is 19.1. The van der Waals surface area contributed by atoms with Gasteiger partial charge in [-0.3, -0.25) is 0 Å². The van der Waals surface area contributed by atoms with Crippen molar-refractivity contribution in [2.45, 2.75) is 51.2 Å². The summed E-state index contributed by atoms with van der Waals surface area (Å²) in [4.78, 5) is 14.9. The molecule has 1 aliphatic rings. The molecule has 1 fully saturated rings. The highest BCUT2D eigenvalue weighted by Gasteiger charge is 2.26. The highest BCUT2D eigenvalue weighted by Crippen LogP contribution is 2.30. The Balaban J connectivity index is 1.73. The molecule has 7 nitrogen and oxygen atoms in total. The van der Waals surface area contributed by atoms with Gasteiger partial charge in [0, 0.05) is 18.7 Å². The first-order valence-corrected chi connectivity index (χ1v) is 9.36. The van der Waals surface area contributed by atoms with Crippen molar-refractivity contribution >= 4 is 6.03 Å². The molecule has 27 heavy (non-hydrogen) atoms. The summed E-state index contributed by atoms with van der Waals surface area (Å²) in [6, 6.07) is 7.69. The van der Waals surface area contributed by atoms with Crippen LogP contribution in [0.15, 0.2) is 35.1 Å². The second-order valence-electron chi connectivity index (χ2n) is 6.76. The summed E-state index contributed by atoms with van der Waals surface area (Å²) >= 11 is 0. The molecule has 1 aromatic heterocycles. The predicted octanol–water partition coefficient (Wildman–Crippen LogP) is 3.74. The zero-order valence-corrected chi connectivity index (χ0v) is 15.9. The van der Waals surface area contributed by atoms with Gasteiger partial charge in [0.25, 0.3) is 0 Å². The maximum absolute atomic E-state index is 12.9.